The summed E-state index contributed by atoms with van der Waals surface area (Å²) in [5.41, 5.74) is 5.80. The van der Waals surface area contributed by atoms with Crippen LogP contribution in [-0.4, -0.2) is 15.6 Å². The first kappa shape index (κ1) is 17.2. The molecule has 0 spiro atoms. The lowest BCUT2D eigenvalue weighted by Gasteiger charge is -2.08. The van der Waals surface area contributed by atoms with Gasteiger partial charge in [0, 0.05) is 36.1 Å². The second kappa shape index (κ2) is 7.11. The van der Waals surface area contributed by atoms with Gasteiger partial charge in [0.1, 0.15) is 5.69 Å². The summed E-state index contributed by atoms with van der Waals surface area (Å²) in [5.74, 6) is -0.872. The maximum Gasteiger partial charge on any atom is 0.352 e. The number of carboxylic acids is 1. The van der Waals surface area contributed by atoms with Gasteiger partial charge in [-0.05, 0) is 38.0 Å². The van der Waals surface area contributed by atoms with Crippen molar-refractivity contribution >= 4 is 16.9 Å². The predicted molar refractivity (Wildman–Crippen MR) is 101 cm³/mol. The number of carboxylic acid groups (broad SMARTS) is 1. The molecule has 4 nitrogen and oxygen atoms in total. The van der Waals surface area contributed by atoms with Crippen LogP contribution in [0.1, 0.15) is 39.7 Å². The molecule has 0 amide bonds. The fraction of sp³-hybridized carbons (Fsp3) is 0.286. The van der Waals surface area contributed by atoms with Crippen LogP contribution in [0.2, 0.25) is 0 Å². The molecule has 0 aliphatic carbocycles. The number of aromatic nitrogens is 1. The summed E-state index contributed by atoms with van der Waals surface area (Å²) in [6.45, 7) is 7.96. The number of carbonyl (C=O) groups is 1. The van der Waals surface area contributed by atoms with Crippen LogP contribution in [0.15, 0.2) is 42.5 Å². The molecule has 0 atom stereocenters. The minimum atomic E-state index is -0.872. The van der Waals surface area contributed by atoms with Gasteiger partial charge in [-0.25, -0.2) is 4.79 Å². The van der Waals surface area contributed by atoms with Crippen molar-refractivity contribution in [2.45, 2.75) is 40.4 Å². The van der Waals surface area contributed by atoms with Gasteiger partial charge in [-0.15, -0.1) is 0 Å². The fourth-order valence-electron chi connectivity index (χ4n) is 3.32. The minimum absolute atomic E-state index is 0.388. The van der Waals surface area contributed by atoms with Crippen molar-refractivity contribution in [2.75, 3.05) is 0 Å². The Morgan fingerprint density at radius 3 is 2.36 bits per heavy atom. The van der Waals surface area contributed by atoms with Crippen molar-refractivity contribution in [1.82, 2.24) is 9.88 Å². The van der Waals surface area contributed by atoms with Gasteiger partial charge in [0.05, 0.1) is 0 Å². The first-order valence-corrected chi connectivity index (χ1v) is 8.62. The third kappa shape index (κ3) is 3.44. The number of benzene rings is 2. The number of fused-ring (bicyclic) bond motifs is 1. The van der Waals surface area contributed by atoms with Crippen LogP contribution < -0.4 is 5.32 Å². The van der Waals surface area contributed by atoms with Crippen molar-refractivity contribution in [3.05, 3.63) is 70.4 Å². The van der Waals surface area contributed by atoms with E-state index in [4.69, 9.17) is 0 Å². The molecular formula is C21H24N2O2. The molecular weight excluding hydrogens is 312 g/mol. The van der Waals surface area contributed by atoms with Gasteiger partial charge in [-0.3, -0.25) is 0 Å². The fourth-order valence-corrected chi connectivity index (χ4v) is 3.32. The highest BCUT2D eigenvalue weighted by Gasteiger charge is 2.21. The van der Waals surface area contributed by atoms with Gasteiger partial charge < -0.3 is 15.0 Å². The average molecular weight is 336 g/mol. The van der Waals surface area contributed by atoms with Crippen molar-refractivity contribution < 1.29 is 9.90 Å². The highest BCUT2D eigenvalue weighted by atomic mass is 16.4. The van der Waals surface area contributed by atoms with E-state index in [-0.39, 0.29) is 0 Å². The SMILES string of the molecule is CCn1c(C(=O)O)c(CNCc2ccc(C)cc2)c2ccc(C)cc21. The second-order valence-corrected chi connectivity index (χ2v) is 6.49. The highest BCUT2D eigenvalue weighted by molar-refractivity contribution is 5.98. The average Bonchev–Trinajstić information content (AvgIpc) is 2.89. The smallest absolute Gasteiger partial charge is 0.352 e. The molecule has 1 heterocycles. The van der Waals surface area contributed by atoms with E-state index in [0.717, 1.165) is 22.0 Å². The summed E-state index contributed by atoms with van der Waals surface area (Å²) in [4.78, 5) is 11.9. The van der Waals surface area contributed by atoms with Gasteiger partial charge in [0.15, 0.2) is 0 Å². The largest absolute Gasteiger partial charge is 0.477 e. The Labute approximate surface area is 148 Å². The number of hydrogen-bond donors (Lipinski definition) is 2. The van der Waals surface area contributed by atoms with Crippen LogP contribution in [0.25, 0.3) is 10.9 Å². The molecule has 0 bridgehead atoms. The van der Waals surface area contributed by atoms with E-state index in [1.807, 2.05) is 30.5 Å². The maximum absolute atomic E-state index is 11.9. The predicted octanol–water partition coefficient (Wildman–Crippen LogP) is 4.27. The summed E-state index contributed by atoms with van der Waals surface area (Å²) >= 11 is 0. The monoisotopic (exact) mass is 336 g/mol. The summed E-state index contributed by atoms with van der Waals surface area (Å²) in [7, 11) is 0. The van der Waals surface area contributed by atoms with Crippen molar-refractivity contribution in [2.24, 2.45) is 0 Å². The van der Waals surface area contributed by atoms with E-state index in [0.29, 0.717) is 25.3 Å². The Balaban J connectivity index is 1.92. The van der Waals surface area contributed by atoms with Crippen LogP contribution in [0.4, 0.5) is 0 Å². The molecule has 0 unspecified atom stereocenters. The van der Waals surface area contributed by atoms with Gasteiger partial charge in [-0.1, -0.05) is 42.0 Å². The molecule has 3 aromatic rings. The zero-order chi connectivity index (χ0) is 18.0. The molecule has 3 rings (SSSR count). The Morgan fingerprint density at radius 2 is 1.72 bits per heavy atom. The molecule has 2 aromatic carbocycles. The van der Waals surface area contributed by atoms with Crippen LogP contribution in [0.3, 0.4) is 0 Å². The zero-order valence-corrected chi connectivity index (χ0v) is 15.0. The Morgan fingerprint density at radius 1 is 1.04 bits per heavy atom. The van der Waals surface area contributed by atoms with E-state index in [1.54, 1.807) is 0 Å². The zero-order valence-electron chi connectivity index (χ0n) is 15.0. The van der Waals surface area contributed by atoms with Crippen LogP contribution in [-0.2, 0) is 19.6 Å². The van der Waals surface area contributed by atoms with Gasteiger partial charge in [0.25, 0.3) is 0 Å². The molecule has 130 valence electrons. The van der Waals surface area contributed by atoms with Crippen LogP contribution in [0.5, 0.6) is 0 Å². The highest BCUT2D eigenvalue weighted by Crippen LogP contribution is 2.27. The van der Waals surface area contributed by atoms with Gasteiger partial charge in [-0.2, -0.15) is 0 Å². The number of rotatable bonds is 6. The summed E-state index contributed by atoms with van der Waals surface area (Å²) in [6.07, 6.45) is 0. The second-order valence-electron chi connectivity index (χ2n) is 6.49. The first-order valence-electron chi connectivity index (χ1n) is 8.62. The normalized spacial score (nSPS) is 11.2. The molecule has 0 saturated carbocycles. The third-order valence-corrected chi connectivity index (χ3v) is 4.60. The standard InChI is InChI=1S/C21H24N2O2/c1-4-23-19-11-15(3)7-10-17(19)18(20(23)21(24)25)13-22-12-16-8-5-14(2)6-9-16/h5-11,22H,4,12-13H2,1-3H3,(H,24,25). The molecule has 1 aromatic heterocycles. The summed E-state index contributed by atoms with van der Waals surface area (Å²) in [5, 5.41) is 14.2. The number of hydrogen-bond acceptors (Lipinski definition) is 2. The molecule has 25 heavy (non-hydrogen) atoms. The molecule has 0 fully saturated rings. The summed E-state index contributed by atoms with van der Waals surface area (Å²) in [6, 6.07) is 14.5. The number of nitrogens with one attached hydrogen (secondary N) is 1. The van der Waals surface area contributed by atoms with Crippen LogP contribution in [0, 0.1) is 13.8 Å². The quantitative estimate of drug-likeness (QED) is 0.707. The molecule has 0 saturated heterocycles. The van der Waals surface area contributed by atoms with Gasteiger partial charge >= 0.3 is 5.97 Å². The lowest BCUT2D eigenvalue weighted by molar-refractivity contribution is 0.0684. The molecule has 0 aliphatic rings. The number of nitrogens with zero attached hydrogens (tertiary/aromatic N) is 1. The summed E-state index contributed by atoms with van der Waals surface area (Å²) < 4.78 is 1.90. The molecule has 0 aliphatic heterocycles. The van der Waals surface area contributed by atoms with E-state index < -0.39 is 5.97 Å². The maximum atomic E-state index is 11.9. The van der Waals surface area contributed by atoms with Crippen molar-refractivity contribution in [3.63, 3.8) is 0 Å². The van der Waals surface area contributed by atoms with Crippen molar-refractivity contribution in [1.29, 1.82) is 0 Å². The first-order chi connectivity index (χ1) is 12.0. The number of aryl methyl sites for hydroxylation is 3. The lowest BCUT2D eigenvalue weighted by atomic mass is 10.1. The Kier molecular flexibility index (Phi) is 4.91. The van der Waals surface area contributed by atoms with E-state index in [1.165, 1.54) is 11.1 Å². The van der Waals surface area contributed by atoms with Gasteiger partial charge in [0.2, 0.25) is 0 Å². The molecule has 4 heteroatoms. The van der Waals surface area contributed by atoms with E-state index in [2.05, 4.69) is 42.6 Å². The lowest BCUT2D eigenvalue weighted by Crippen LogP contribution is -2.16. The molecule has 0 radical (unpaired) electrons. The van der Waals surface area contributed by atoms with Crippen LogP contribution >= 0.6 is 0 Å². The number of aromatic carboxylic acids is 1. The third-order valence-electron chi connectivity index (χ3n) is 4.60. The Bertz CT molecular complexity index is 908. The minimum Gasteiger partial charge on any atom is -0.477 e. The Hall–Kier alpha value is -2.59. The van der Waals surface area contributed by atoms with E-state index >= 15 is 0 Å². The van der Waals surface area contributed by atoms with E-state index in [9.17, 15) is 9.90 Å². The topological polar surface area (TPSA) is 54.3 Å². The molecule has 2 N–H and O–H groups in total. The van der Waals surface area contributed by atoms with Crippen molar-refractivity contribution in [3.8, 4) is 0 Å².